The Hall–Kier alpha value is -3.29. The lowest BCUT2D eigenvalue weighted by molar-refractivity contribution is -0.113. The lowest BCUT2D eigenvalue weighted by atomic mass is 10.3. The molecule has 0 saturated heterocycles. The monoisotopic (exact) mass is 441 g/mol. The van der Waals surface area contributed by atoms with Crippen molar-refractivity contribution in [1.29, 1.82) is 5.26 Å². The van der Waals surface area contributed by atoms with Crippen molar-refractivity contribution in [2.75, 3.05) is 18.2 Å². The first-order valence-electron chi connectivity index (χ1n) is 8.84. The molecule has 1 N–H and O–H groups in total. The van der Waals surface area contributed by atoms with Crippen LogP contribution in [0, 0.1) is 11.3 Å². The number of rotatable bonds is 10. The molecular weight excluding hydrogens is 422 g/mol. The van der Waals surface area contributed by atoms with E-state index in [1.165, 1.54) is 23.1 Å². The van der Waals surface area contributed by atoms with E-state index in [0.29, 0.717) is 33.8 Å². The highest BCUT2D eigenvalue weighted by atomic mass is 32.2. The van der Waals surface area contributed by atoms with Gasteiger partial charge in [0.05, 0.1) is 18.4 Å². The highest BCUT2D eigenvalue weighted by Gasteiger charge is 2.15. The summed E-state index contributed by atoms with van der Waals surface area (Å²) >= 11 is 2.57. The molecule has 1 amide bonds. The molecule has 0 saturated carbocycles. The van der Waals surface area contributed by atoms with Gasteiger partial charge in [0, 0.05) is 6.54 Å². The van der Waals surface area contributed by atoms with Crippen molar-refractivity contribution < 1.29 is 14.3 Å². The molecule has 2 aromatic heterocycles. The van der Waals surface area contributed by atoms with Crippen molar-refractivity contribution in [2.24, 2.45) is 0 Å². The summed E-state index contributed by atoms with van der Waals surface area (Å²) in [5.74, 6) is 1.97. The number of carbonyl (C=O) groups excluding carboxylic acids is 1. The number of benzene rings is 1. The number of amides is 1. The first kappa shape index (κ1) is 21.4. The van der Waals surface area contributed by atoms with Crippen molar-refractivity contribution >= 4 is 34.0 Å². The fourth-order valence-electron chi connectivity index (χ4n) is 2.45. The summed E-state index contributed by atoms with van der Waals surface area (Å²) < 4.78 is 12.8. The summed E-state index contributed by atoms with van der Waals surface area (Å²) in [6.07, 6.45) is 1.73. The average Bonchev–Trinajstić information content (AvgIpc) is 3.38. The highest BCUT2D eigenvalue weighted by Crippen LogP contribution is 2.24. The van der Waals surface area contributed by atoms with E-state index in [9.17, 15) is 4.79 Å². The van der Waals surface area contributed by atoms with Gasteiger partial charge in [0.2, 0.25) is 5.91 Å². The largest absolute Gasteiger partial charge is 0.497 e. The molecule has 0 atom stereocenters. The summed E-state index contributed by atoms with van der Waals surface area (Å²) in [4.78, 5) is 12.2. The van der Waals surface area contributed by atoms with Crippen LogP contribution in [0.25, 0.3) is 0 Å². The van der Waals surface area contributed by atoms with Gasteiger partial charge in [-0.15, -0.1) is 28.1 Å². The van der Waals surface area contributed by atoms with E-state index < -0.39 is 0 Å². The van der Waals surface area contributed by atoms with E-state index in [0.717, 1.165) is 5.75 Å². The number of carbonyl (C=O) groups is 1. The van der Waals surface area contributed by atoms with Crippen LogP contribution >= 0.6 is 23.1 Å². The first-order valence-corrected chi connectivity index (χ1v) is 10.7. The molecule has 0 fully saturated rings. The minimum Gasteiger partial charge on any atom is -0.497 e. The van der Waals surface area contributed by atoms with Gasteiger partial charge in [-0.1, -0.05) is 17.8 Å². The quantitative estimate of drug-likeness (QED) is 0.378. The van der Waals surface area contributed by atoms with Gasteiger partial charge in [-0.25, -0.2) is 0 Å². The summed E-state index contributed by atoms with van der Waals surface area (Å²) in [5.41, 5.74) is 0.450. The molecule has 0 spiro atoms. The van der Waals surface area contributed by atoms with Crippen molar-refractivity contribution in [3.05, 3.63) is 59.8 Å². The van der Waals surface area contributed by atoms with Crippen LogP contribution in [0.3, 0.4) is 0 Å². The molecule has 10 heteroatoms. The Morgan fingerprint density at radius 1 is 1.33 bits per heavy atom. The molecule has 0 bridgehead atoms. The van der Waals surface area contributed by atoms with Crippen molar-refractivity contribution in [3.8, 4) is 17.6 Å². The summed E-state index contributed by atoms with van der Waals surface area (Å²) in [5, 5.41) is 23.0. The Labute approximate surface area is 182 Å². The van der Waals surface area contributed by atoms with Crippen molar-refractivity contribution in [3.63, 3.8) is 0 Å². The lowest BCUT2D eigenvalue weighted by Gasteiger charge is -2.09. The Balaban J connectivity index is 1.61. The predicted molar refractivity (Wildman–Crippen MR) is 116 cm³/mol. The van der Waals surface area contributed by atoms with Crippen LogP contribution in [0.15, 0.2) is 53.5 Å². The number of nitriles is 1. The van der Waals surface area contributed by atoms with Gasteiger partial charge in [0.25, 0.3) is 0 Å². The Bertz CT molecular complexity index is 1050. The molecule has 0 aliphatic carbocycles. The molecule has 30 heavy (non-hydrogen) atoms. The maximum Gasteiger partial charge on any atom is 0.235 e. The molecule has 8 nitrogen and oxygen atoms in total. The van der Waals surface area contributed by atoms with Crippen LogP contribution in [-0.2, 0) is 17.9 Å². The number of aromatic nitrogens is 3. The Morgan fingerprint density at radius 3 is 2.80 bits per heavy atom. The van der Waals surface area contributed by atoms with Gasteiger partial charge in [-0.2, -0.15) is 5.26 Å². The zero-order valence-electron chi connectivity index (χ0n) is 16.2. The second-order valence-electron chi connectivity index (χ2n) is 5.87. The second-order valence-corrected chi connectivity index (χ2v) is 7.73. The maximum absolute atomic E-state index is 12.2. The molecule has 0 aliphatic heterocycles. The Kier molecular flexibility index (Phi) is 7.48. The van der Waals surface area contributed by atoms with E-state index in [1.807, 2.05) is 34.9 Å². The molecule has 0 unspecified atom stereocenters. The summed E-state index contributed by atoms with van der Waals surface area (Å²) in [6.45, 7) is 4.48. The van der Waals surface area contributed by atoms with Gasteiger partial charge in [-0.05, 0) is 35.7 Å². The number of methoxy groups -OCH3 is 1. The third kappa shape index (κ3) is 5.40. The SMILES string of the molecule is C=CCn1c(COc2ccc(OC)cc2)nnc1SCC(=O)Nc1sccc1C#N. The number of anilines is 1. The van der Waals surface area contributed by atoms with Crippen molar-refractivity contribution in [1.82, 2.24) is 14.8 Å². The molecule has 3 aromatic rings. The minimum atomic E-state index is -0.219. The highest BCUT2D eigenvalue weighted by molar-refractivity contribution is 7.99. The van der Waals surface area contributed by atoms with Gasteiger partial charge >= 0.3 is 0 Å². The summed E-state index contributed by atoms with van der Waals surface area (Å²) in [6, 6.07) is 11.0. The predicted octanol–water partition coefficient (Wildman–Crippen LogP) is 3.72. The smallest absolute Gasteiger partial charge is 0.235 e. The van der Waals surface area contributed by atoms with Gasteiger partial charge in [0.1, 0.15) is 29.2 Å². The molecule has 154 valence electrons. The number of thioether (sulfide) groups is 1. The fraction of sp³-hybridized carbons (Fsp3) is 0.200. The number of hydrogen-bond acceptors (Lipinski definition) is 8. The van der Waals surface area contributed by atoms with E-state index in [4.69, 9.17) is 14.7 Å². The number of nitrogens with zero attached hydrogens (tertiary/aromatic N) is 4. The van der Waals surface area contributed by atoms with E-state index in [1.54, 1.807) is 24.6 Å². The van der Waals surface area contributed by atoms with Crippen LogP contribution in [0.1, 0.15) is 11.4 Å². The number of thiophene rings is 1. The average molecular weight is 442 g/mol. The summed E-state index contributed by atoms with van der Waals surface area (Å²) in [7, 11) is 1.61. The molecule has 0 aliphatic rings. The number of hydrogen-bond donors (Lipinski definition) is 1. The topological polar surface area (TPSA) is 102 Å². The molecule has 0 radical (unpaired) electrons. The number of ether oxygens (including phenoxy) is 2. The Morgan fingerprint density at radius 2 is 2.10 bits per heavy atom. The van der Waals surface area contributed by atoms with Gasteiger partial charge in [0.15, 0.2) is 11.0 Å². The van der Waals surface area contributed by atoms with E-state index >= 15 is 0 Å². The fourth-order valence-corrected chi connectivity index (χ4v) is 3.97. The molecule has 2 heterocycles. The lowest BCUT2D eigenvalue weighted by Crippen LogP contribution is -2.14. The number of allylic oxidation sites excluding steroid dienone is 1. The van der Waals surface area contributed by atoms with Crippen LogP contribution in [0.4, 0.5) is 5.00 Å². The third-order valence-corrected chi connectivity index (χ3v) is 5.70. The van der Waals surface area contributed by atoms with Crippen LogP contribution < -0.4 is 14.8 Å². The zero-order valence-corrected chi connectivity index (χ0v) is 17.8. The van der Waals surface area contributed by atoms with E-state index in [2.05, 4.69) is 22.1 Å². The first-order chi connectivity index (χ1) is 14.6. The van der Waals surface area contributed by atoms with Gasteiger partial charge < -0.3 is 14.8 Å². The normalized spacial score (nSPS) is 10.3. The zero-order chi connectivity index (χ0) is 21.3. The van der Waals surface area contributed by atoms with Gasteiger partial charge in [-0.3, -0.25) is 9.36 Å². The minimum absolute atomic E-state index is 0.136. The third-order valence-electron chi connectivity index (χ3n) is 3.90. The van der Waals surface area contributed by atoms with Crippen molar-refractivity contribution in [2.45, 2.75) is 18.3 Å². The molecule has 1 aromatic carbocycles. The second kappa shape index (κ2) is 10.5. The standard InChI is InChI=1S/C20H19N5O3S2/c1-3-9-25-17(12-28-16-6-4-15(27-2)5-7-16)23-24-20(25)30-13-18(26)22-19-14(11-21)8-10-29-19/h3-8,10H,1,9,12-13H2,2H3,(H,22,26). The van der Waals surface area contributed by atoms with Crippen LogP contribution in [-0.4, -0.2) is 33.5 Å². The maximum atomic E-state index is 12.2. The molecular formula is C20H19N5O3S2. The number of nitrogens with one attached hydrogen (secondary N) is 1. The van der Waals surface area contributed by atoms with Crippen LogP contribution in [0.5, 0.6) is 11.5 Å². The van der Waals surface area contributed by atoms with E-state index in [-0.39, 0.29) is 18.3 Å². The molecule has 3 rings (SSSR count). The van der Waals surface area contributed by atoms with Crippen LogP contribution in [0.2, 0.25) is 0 Å².